The molecule has 0 fully saturated rings. The standard InChI is InChI=1S/C16H13NO2/c1-11-3-4-14(9-12(11)2)16(19)13-5-7-15(8-6-13)17-10-18/h3-9H,1-2H3. The normalized spacial score (nSPS) is 9.79. The summed E-state index contributed by atoms with van der Waals surface area (Å²) in [6.07, 6.45) is 1.47. The summed E-state index contributed by atoms with van der Waals surface area (Å²) in [5.74, 6) is -0.0373. The molecule has 0 aliphatic carbocycles. The Morgan fingerprint density at radius 1 is 0.947 bits per heavy atom. The summed E-state index contributed by atoms with van der Waals surface area (Å²) < 4.78 is 0. The number of benzene rings is 2. The van der Waals surface area contributed by atoms with Crippen molar-refractivity contribution in [2.24, 2.45) is 4.99 Å². The lowest BCUT2D eigenvalue weighted by atomic mass is 9.99. The first-order valence-electron chi connectivity index (χ1n) is 5.91. The van der Waals surface area contributed by atoms with Crippen LogP contribution in [0.25, 0.3) is 0 Å². The van der Waals surface area contributed by atoms with Crippen LogP contribution in [0.1, 0.15) is 27.0 Å². The molecule has 0 aliphatic rings. The predicted octanol–water partition coefficient (Wildman–Crippen LogP) is 3.50. The molecular formula is C16H13NO2. The number of aryl methyl sites for hydroxylation is 2. The molecule has 0 saturated heterocycles. The Balaban J connectivity index is 2.32. The van der Waals surface area contributed by atoms with Gasteiger partial charge in [0.25, 0.3) is 0 Å². The largest absolute Gasteiger partial charge is 0.289 e. The van der Waals surface area contributed by atoms with Gasteiger partial charge in [-0.25, -0.2) is 4.79 Å². The van der Waals surface area contributed by atoms with E-state index >= 15 is 0 Å². The van der Waals surface area contributed by atoms with Crippen molar-refractivity contribution in [2.45, 2.75) is 13.8 Å². The number of nitrogens with zero attached hydrogens (tertiary/aromatic N) is 1. The number of isocyanates is 1. The van der Waals surface area contributed by atoms with Crippen LogP contribution < -0.4 is 0 Å². The van der Waals surface area contributed by atoms with Crippen LogP contribution in [0.4, 0.5) is 5.69 Å². The fourth-order valence-corrected chi connectivity index (χ4v) is 1.79. The van der Waals surface area contributed by atoms with Crippen LogP contribution in [0.15, 0.2) is 47.5 Å². The molecule has 0 radical (unpaired) electrons. The van der Waals surface area contributed by atoms with Crippen molar-refractivity contribution in [3.05, 3.63) is 64.7 Å². The Hall–Kier alpha value is -2.51. The van der Waals surface area contributed by atoms with Gasteiger partial charge in [-0.3, -0.25) is 4.79 Å². The third kappa shape index (κ3) is 2.84. The van der Waals surface area contributed by atoms with E-state index in [4.69, 9.17) is 0 Å². The number of hydrogen-bond acceptors (Lipinski definition) is 3. The quantitative estimate of drug-likeness (QED) is 0.476. The van der Waals surface area contributed by atoms with Crippen molar-refractivity contribution in [1.82, 2.24) is 0 Å². The SMILES string of the molecule is Cc1ccc(C(=O)c2ccc(N=C=O)cc2)cc1C. The number of ketones is 1. The molecule has 0 heterocycles. The van der Waals surface area contributed by atoms with E-state index in [1.165, 1.54) is 6.08 Å². The number of aliphatic imine (C=N–C) groups is 1. The van der Waals surface area contributed by atoms with Gasteiger partial charge < -0.3 is 0 Å². The predicted molar refractivity (Wildman–Crippen MR) is 73.6 cm³/mol. The molecule has 19 heavy (non-hydrogen) atoms. The molecule has 0 aliphatic heterocycles. The van der Waals surface area contributed by atoms with Crippen LogP contribution in [-0.2, 0) is 4.79 Å². The van der Waals surface area contributed by atoms with Gasteiger partial charge in [0, 0.05) is 11.1 Å². The maximum absolute atomic E-state index is 12.3. The summed E-state index contributed by atoms with van der Waals surface area (Å²) in [4.78, 5) is 25.9. The molecule has 0 N–H and O–H groups in total. The van der Waals surface area contributed by atoms with Gasteiger partial charge in [0.15, 0.2) is 5.78 Å². The smallest absolute Gasteiger partial charge is 0.240 e. The third-order valence-corrected chi connectivity index (χ3v) is 3.07. The minimum Gasteiger partial charge on any atom is -0.289 e. The number of carbonyl (C=O) groups is 1. The molecule has 3 heteroatoms. The number of hydrogen-bond donors (Lipinski definition) is 0. The van der Waals surface area contributed by atoms with Gasteiger partial charge in [-0.2, -0.15) is 4.99 Å². The molecular weight excluding hydrogens is 238 g/mol. The third-order valence-electron chi connectivity index (χ3n) is 3.07. The molecule has 2 aromatic rings. The highest BCUT2D eigenvalue weighted by molar-refractivity contribution is 6.09. The molecule has 0 spiro atoms. The molecule has 94 valence electrons. The van der Waals surface area contributed by atoms with Crippen molar-refractivity contribution < 1.29 is 9.59 Å². The summed E-state index contributed by atoms with van der Waals surface area (Å²) >= 11 is 0. The lowest BCUT2D eigenvalue weighted by Crippen LogP contribution is -2.01. The van der Waals surface area contributed by atoms with E-state index in [-0.39, 0.29) is 5.78 Å². The monoisotopic (exact) mass is 251 g/mol. The zero-order valence-electron chi connectivity index (χ0n) is 10.8. The Labute approximate surface area is 111 Å². The number of carbonyl (C=O) groups excluding carboxylic acids is 2. The average Bonchev–Trinajstić information content (AvgIpc) is 2.42. The van der Waals surface area contributed by atoms with Crippen LogP contribution in [0, 0.1) is 13.8 Å². The Morgan fingerprint density at radius 2 is 1.58 bits per heavy atom. The highest BCUT2D eigenvalue weighted by Gasteiger charge is 2.09. The van der Waals surface area contributed by atoms with Gasteiger partial charge >= 0.3 is 0 Å². The van der Waals surface area contributed by atoms with E-state index in [2.05, 4.69) is 4.99 Å². The minimum absolute atomic E-state index is 0.0373. The first kappa shape index (κ1) is 12.9. The molecule has 2 aromatic carbocycles. The van der Waals surface area contributed by atoms with Crippen molar-refractivity contribution in [3.8, 4) is 0 Å². The van der Waals surface area contributed by atoms with E-state index in [9.17, 15) is 9.59 Å². The zero-order chi connectivity index (χ0) is 13.8. The lowest BCUT2D eigenvalue weighted by molar-refractivity contribution is 0.103. The van der Waals surface area contributed by atoms with Crippen LogP contribution in [0.2, 0.25) is 0 Å². The van der Waals surface area contributed by atoms with E-state index < -0.39 is 0 Å². The van der Waals surface area contributed by atoms with Crippen LogP contribution in [-0.4, -0.2) is 11.9 Å². The lowest BCUT2D eigenvalue weighted by Gasteiger charge is -2.05. The van der Waals surface area contributed by atoms with Crippen molar-refractivity contribution in [2.75, 3.05) is 0 Å². The van der Waals surface area contributed by atoms with Crippen molar-refractivity contribution in [3.63, 3.8) is 0 Å². The van der Waals surface area contributed by atoms with Crippen molar-refractivity contribution in [1.29, 1.82) is 0 Å². The van der Waals surface area contributed by atoms with E-state index in [1.54, 1.807) is 24.3 Å². The fourth-order valence-electron chi connectivity index (χ4n) is 1.79. The zero-order valence-corrected chi connectivity index (χ0v) is 10.8. The maximum atomic E-state index is 12.3. The molecule has 0 saturated carbocycles. The van der Waals surface area contributed by atoms with Gasteiger partial charge in [-0.1, -0.05) is 12.1 Å². The van der Waals surface area contributed by atoms with Gasteiger partial charge in [-0.15, -0.1) is 0 Å². The molecule has 0 aromatic heterocycles. The summed E-state index contributed by atoms with van der Waals surface area (Å²) in [5, 5.41) is 0. The summed E-state index contributed by atoms with van der Waals surface area (Å²) in [7, 11) is 0. The van der Waals surface area contributed by atoms with Crippen molar-refractivity contribution >= 4 is 17.6 Å². The first-order chi connectivity index (χ1) is 9.11. The van der Waals surface area contributed by atoms with Gasteiger partial charge in [0.2, 0.25) is 6.08 Å². The second-order valence-electron chi connectivity index (χ2n) is 4.38. The minimum atomic E-state index is -0.0373. The van der Waals surface area contributed by atoms with E-state index in [0.717, 1.165) is 11.1 Å². The van der Waals surface area contributed by atoms with E-state index in [1.807, 2.05) is 32.0 Å². The number of rotatable bonds is 3. The maximum Gasteiger partial charge on any atom is 0.240 e. The summed E-state index contributed by atoms with van der Waals surface area (Å²) in [6.45, 7) is 3.99. The molecule has 3 nitrogen and oxygen atoms in total. The van der Waals surface area contributed by atoms with Crippen LogP contribution >= 0.6 is 0 Å². The Bertz CT molecular complexity index is 666. The second kappa shape index (κ2) is 5.42. The highest BCUT2D eigenvalue weighted by Crippen LogP contribution is 2.17. The topological polar surface area (TPSA) is 46.5 Å². The van der Waals surface area contributed by atoms with Crippen LogP contribution in [0.3, 0.4) is 0 Å². The first-order valence-corrected chi connectivity index (χ1v) is 5.91. The van der Waals surface area contributed by atoms with Gasteiger partial charge in [-0.05, 0) is 55.3 Å². The molecule has 0 atom stereocenters. The Morgan fingerprint density at radius 3 is 2.16 bits per heavy atom. The molecule has 0 unspecified atom stereocenters. The Kier molecular flexibility index (Phi) is 3.69. The molecule has 0 bridgehead atoms. The van der Waals surface area contributed by atoms with Gasteiger partial charge in [0.1, 0.15) is 0 Å². The van der Waals surface area contributed by atoms with E-state index in [0.29, 0.717) is 16.8 Å². The highest BCUT2D eigenvalue weighted by atomic mass is 16.1. The average molecular weight is 251 g/mol. The van der Waals surface area contributed by atoms with Gasteiger partial charge in [0.05, 0.1) is 5.69 Å². The summed E-state index contributed by atoms with van der Waals surface area (Å²) in [6, 6.07) is 12.2. The summed E-state index contributed by atoms with van der Waals surface area (Å²) in [5.41, 5.74) is 3.98. The second-order valence-corrected chi connectivity index (χ2v) is 4.38. The van der Waals surface area contributed by atoms with Crippen LogP contribution in [0.5, 0.6) is 0 Å². The molecule has 2 rings (SSSR count). The fraction of sp³-hybridized carbons (Fsp3) is 0.125. The molecule has 0 amide bonds.